The molecule has 0 saturated carbocycles. The number of rotatable bonds is 8. The van der Waals surface area contributed by atoms with Crippen molar-refractivity contribution in [2.75, 3.05) is 14.2 Å². The number of hydrogen-bond acceptors (Lipinski definition) is 5. The number of hydrogen-bond donors (Lipinski definition) is 0. The monoisotopic (exact) mass is 463 g/mol. The molecule has 4 rings (SSSR count). The predicted molar refractivity (Wildman–Crippen MR) is 128 cm³/mol. The highest BCUT2D eigenvalue weighted by molar-refractivity contribution is 6.12. The number of aliphatic imine (C=N–C) groups is 1. The second kappa shape index (κ2) is 9.62. The summed E-state index contributed by atoms with van der Waals surface area (Å²) < 4.78 is 34.0. The van der Waals surface area contributed by atoms with E-state index in [0.29, 0.717) is 28.3 Å². The van der Waals surface area contributed by atoms with Crippen molar-refractivity contribution in [2.24, 2.45) is 4.99 Å². The highest BCUT2D eigenvalue weighted by atomic mass is 19.1. The summed E-state index contributed by atoms with van der Waals surface area (Å²) in [5, 5.41) is 0. The smallest absolute Gasteiger partial charge is 0.275 e. The Balaban J connectivity index is 1.88. The molecule has 34 heavy (non-hydrogen) atoms. The molecular weight excluding hydrogens is 437 g/mol. The summed E-state index contributed by atoms with van der Waals surface area (Å²) in [6.45, 7) is 6.24. The van der Waals surface area contributed by atoms with Gasteiger partial charge in [0, 0.05) is 14.2 Å². The molecule has 0 fully saturated rings. The molecule has 1 aliphatic heterocycles. The summed E-state index contributed by atoms with van der Waals surface area (Å²) in [7, 11) is 3.08. The van der Waals surface area contributed by atoms with Crippen LogP contribution in [0.4, 0.5) is 4.39 Å². The summed E-state index contributed by atoms with van der Waals surface area (Å²) in [5.41, 5.74) is 1.70. The second-order valence-corrected chi connectivity index (χ2v) is 7.78. The third-order valence-corrected chi connectivity index (χ3v) is 5.68. The van der Waals surface area contributed by atoms with Crippen molar-refractivity contribution in [3.63, 3.8) is 0 Å². The molecule has 0 unspecified atom stereocenters. The van der Waals surface area contributed by atoms with E-state index < -0.39 is 5.79 Å². The van der Waals surface area contributed by atoms with Gasteiger partial charge in [0.1, 0.15) is 11.6 Å². The van der Waals surface area contributed by atoms with Crippen LogP contribution in [0.5, 0.6) is 5.75 Å². The summed E-state index contributed by atoms with van der Waals surface area (Å²) in [6, 6.07) is 15.0. The van der Waals surface area contributed by atoms with Crippen LogP contribution < -0.4 is 10.3 Å². The van der Waals surface area contributed by atoms with Gasteiger partial charge in [-0.1, -0.05) is 36.4 Å². The van der Waals surface area contributed by atoms with Crippen LogP contribution >= 0.6 is 0 Å². The Morgan fingerprint density at radius 3 is 2.32 bits per heavy atom. The molecular formula is C26H26FN3O4. The van der Waals surface area contributed by atoms with Crippen LogP contribution in [0.1, 0.15) is 12.6 Å². The zero-order valence-corrected chi connectivity index (χ0v) is 19.3. The molecule has 2 heterocycles. The molecule has 176 valence electrons. The Kier molecular flexibility index (Phi) is 6.63. The Bertz CT molecular complexity index is 1300. The number of aromatic nitrogens is 2. The molecule has 7 nitrogen and oxygen atoms in total. The molecule has 0 radical (unpaired) electrons. The summed E-state index contributed by atoms with van der Waals surface area (Å²) >= 11 is 0. The minimum absolute atomic E-state index is 0.153. The van der Waals surface area contributed by atoms with E-state index in [1.165, 1.54) is 26.4 Å². The lowest BCUT2D eigenvalue weighted by atomic mass is 10.0. The second-order valence-electron chi connectivity index (χ2n) is 7.78. The Morgan fingerprint density at radius 1 is 1.06 bits per heavy atom. The molecule has 2 aromatic carbocycles. The maximum Gasteiger partial charge on any atom is 0.275 e. The molecule has 0 bridgehead atoms. The number of benzene rings is 2. The summed E-state index contributed by atoms with van der Waals surface area (Å²) in [6.07, 6.45) is 3.59. The molecule has 0 amide bonds. The largest absolute Gasteiger partial charge is 0.440 e. The van der Waals surface area contributed by atoms with Gasteiger partial charge in [-0.3, -0.25) is 9.48 Å². The average Bonchev–Trinajstić information content (AvgIpc) is 3.34. The standard InChI is InChI=1S/C26H26FN3O4/c1-5-9-22(28-18(2)34-21-10-7-6-8-11-21)24-23(19-12-14-20(27)15-13-19)25(31)30-17-26(32-3,33-4)16-29(24)30/h5-15H,2,16-17H2,1,3-4H3/b9-5-,28-22+. The number of nitrogens with zero attached hydrogens (tertiary/aromatic N) is 3. The van der Waals surface area contributed by atoms with Crippen molar-refractivity contribution in [1.29, 1.82) is 0 Å². The SMILES string of the molecule is C=C(/N=C(\C=C/C)c1c(-c2ccc(F)cc2)c(=O)n2n1CC(OC)(OC)C2)Oc1ccccc1. The lowest BCUT2D eigenvalue weighted by molar-refractivity contribution is -0.207. The van der Waals surface area contributed by atoms with Crippen molar-refractivity contribution in [2.45, 2.75) is 25.8 Å². The first-order chi connectivity index (χ1) is 16.4. The molecule has 3 aromatic rings. The predicted octanol–water partition coefficient (Wildman–Crippen LogP) is 4.37. The highest BCUT2D eigenvalue weighted by Gasteiger charge is 2.42. The fraction of sp³-hybridized carbons (Fsp3) is 0.231. The molecule has 0 spiro atoms. The minimum atomic E-state index is -0.992. The van der Waals surface area contributed by atoms with E-state index in [-0.39, 0.29) is 30.3 Å². The number of allylic oxidation sites excluding steroid dienone is 2. The van der Waals surface area contributed by atoms with E-state index in [0.717, 1.165) is 0 Å². The minimum Gasteiger partial charge on any atom is -0.440 e. The van der Waals surface area contributed by atoms with Crippen molar-refractivity contribution < 1.29 is 18.6 Å². The zero-order chi connectivity index (χ0) is 24.3. The van der Waals surface area contributed by atoms with Crippen molar-refractivity contribution in [3.05, 3.63) is 101 Å². The van der Waals surface area contributed by atoms with E-state index in [1.807, 2.05) is 31.2 Å². The fourth-order valence-corrected chi connectivity index (χ4v) is 4.01. The molecule has 8 heteroatoms. The lowest BCUT2D eigenvalue weighted by Crippen LogP contribution is -2.37. The van der Waals surface area contributed by atoms with Crippen LogP contribution in [-0.4, -0.2) is 35.1 Å². The highest BCUT2D eigenvalue weighted by Crippen LogP contribution is 2.31. The summed E-state index contributed by atoms with van der Waals surface area (Å²) in [4.78, 5) is 18.2. The number of para-hydroxylation sites is 1. The van der Waals surface area contributed by atoms with Crippen LogP contribution in [0.15, 0.2) is 89.0 Å². The third kappa shape index (κ3) is 4.37. The van der Waals surface area contributed by atoms with Crippen molar-refractivity contribution >= 4 is 5.71 Å². The first kappa shape index (κ1) is 23.4. The Morgan fingerprint density at radius 2 is 1.71 bits per heavy atom. The first-order valence-electron chi connectivity index (χ1n) is 10.7. The average molecular weight is 464 g/mol. The van der Waals surface area contributed by atoms with Gasteiger partial charge in [0.25, 0.3) is 5.56 Å². The van der Waals surface area contributed by atoms with Gasteiger partial charge in [-0.05, 0) is 49.4 Å². The van der Waals surface area contributed by atoms with Gasteiger partial charge in [-0.15, -0.1) is 0 Å². The van der Waals surface area contributed by atoms with E-state index in [2.05, 4.69) is 11.6 Å². The lowest BCUT2D eigenvalue weighted by Gasteiger charge is -2.24. The van der Waals surface area contributed by atoms with Crippen LogP contribution in [-0.2, 0) is 22.6 Å². The third-order valence-electron chi connectivity index (χ3n) is 5.68. The van der Waals surface area contributed by atoms with E-state index in [4.69, 9.17) is 14.2 Å². The van der Waals surface area contributed by atoms with Crippen molar-refractivity contribution in [3.8, 4) is 16.9 Å². The van der Waals surface area contributed by atoms with Crippen molar-refractivity contribution in [1.82, 2.24) is 9.36 Å². The van der Waals surface area contributed by atoms with Gasteiger partial charge >= 0.3 is 0 Å². The maximum absolute atomic E-state index is 13.6. The normalized spacial score (nSPS) is 15.0. The van der Waals surface area contributed by atoms with Crippen LogP contribution in [0, 0.1) is 5.82 Å². The summed E-state index contributed by atoms with van der Waals surface area (Å²) in [5.74, 6) is -0.637. The van der Waals surface area contributed by atoms with Crippen LogP contribution in [0.3, 0.4) is 0 Å². The van der Waals surface area contributed by atoms with Gasteiger partial charge in [0.2, 0.25) is 11.7 Å². The number of fused-ring (bicyclic) bond motifs is 1. The van der Waals surface area contributed by atoms with Gasteiger partial charge in [0.15, 0.2) is 0 Å². The quantitative estimate of drug-likeness (QED) is 0.283. The molecule has 0 saturated heterocycles. The molecule has 1 aliphatic rings. The number of halogens is 1. The zero-order valence-electron chi connectivity index (χ0n) is 19.3. The van der Waals surface area contributed by atoms with E-state index in [9.17, 15) is 9.18 Å². The van der Waals surface area contributed by atoms with Gasteiger partial charge < -0.3 is 14.2 Å². The number of ether oxygens (including phenoxy) is 3. The molecule has 0 N–H and O–H groups in total. The first-order valence-corrected chi connectivity index (χ1v) is 10.7. The Hall–Kier alpha value is -3.75. The molecule has 1 aromatic heterocycles. The van der Waals surface area contributed by atoms with Crippen LogP contribution in [0.2, 0.25) is 0 Å². The van der Waals surface area contributed by atoms with Gasteiger partial charge in [0.05, 0.1) is 30.1 Å². The van der Waals surface area contributed by atoms with Gasteiger partial charge in [-0.2, -0.15) is 0 Å². The molecule has 0 aliphatic carbocycles. The fourth-order valence-electron chi connectivity index (χ4n) is 4.01. The van der Waals surface area contributed by atoms with Crippen LogP contribution in [0.25, 0.3) is 11.1 Å². The van der Waals surface area contributed by atoms with Gasteiger partial charge in [-0.25, -0.2) is 14.1 Å². The van der Waals surface area contributed by atoms with E-state index in [1.54, 1.807) is 39.7 Å². The Labute approximate surface area is 197 Å². The van der Waals surface area contributed by atoms with E-state index >= 15 is 0 Å². The number of methoxy groups -OCH3 is 2. The molecule has 0 atom stereocenters. The topological polar surface area (TPSA) is 67.0 Å². The maximum atomic E-state index is 13.6.